The fourth-order valence-corrected chi connectivity index (χ4v) is 3.52. The van der Waals surface area contributed by atoms with E-state index in [1.807, 2.05) is 12.5 Å². The molecule has 2 aliphatic rings. The molecule has 1 aromatic carbocycles. The van der Waals surface area contributed by atoms with Crippen LogP contribution in [0.15, 0.2) is 36.8 Å². The smallest absolute Gasteiger partial charge is 0.0959 e. The topological polar surface area (TPSA) is 38.1 Å². The molecule has 4 rings (SSSR count). The second kappa shape index (κ2) is 2.99. The number of nitrogens with zero attached hydrogens (tertiary/aromatic N) is 2. The monoisotopic (exact) mass is 226 g/mol. The van der Waals surface area contributed by atoms with Crippen molar-refractivity contribution in [1.82, 2.24) is 9.55 Å². The van der Waals surface area contributed by atoms with Gasteiger partial charge in [0.1, 0.15) is 0 Å². The summed E-state index contributed by atoms with van der Waals surface area (Å²) in [6, 6.07) is 8.57. The molecule has 1 fully saturated rings. The lowest BCUT2D eigenvalue weighted by molar-refractivity contribution is 0.0617. The van der Waals surface area contributed by atoms with Crippen molar-refractivity contribution in [2.75, 3.05) is 6.61 Å². The maximum atomic E-state index is 9.25. The third-order valence-corrected chi connectivity index (χ3v) is 4.31. The summed E-state index contributed by atoms with van der Waals surface area (Å²) in [4.78, 5) is 4.27. The molecule has 0 unspecified atom stereocenters. The van der Waals surface area contributed by atoms with Gasteiger partial charge in [-0.1, -0.05) is 24.3 Å². The molecule has 2 heterocycles. The first-order chi connectivity index (χ1) is 8.35. The first-order valence-electron chi connectivity index (χ1n) is 6.09. The molecule has 3 nitrogen and oxygen atoms in total. The molecule has 0 atom stereocenters. The second-order valence-electron chi connectivity index (χ2n) is 5.18. The molecule has 0 bridgehead atoms. The van der Waals surface area contributed by atoms with Crippen LogP contribution in [0.1, 0.15) is 18.4 Å². The van der Waals surface area contributed by atoms with Crippen LogP contribution in [0.4, 0.5) is 0 Å². The minimum Gasteiger partial charge on any atom is -0.396 e. The highest BCUT2D eigenvalue weighted by Crippen LogP contribution is 2.56. The van der Waals surface area contributed by atoms with Gasteiger partial charge in [0.05, 0.1) is 23.8 Å². The van der Waals surface area contributed by atoms with E-state index in [2.05, 4.69) is 33.8 Å². The van der Waals surface area contributed by atoms with Crippen LogP contribution in [0, 0.1) is 5.92 Å². The Bertz CT molecular complexity index is 581. The van der Waals surface area contributed by atoms with Crippen LogP contribution in [0.5, 0.6) is 0 Å². The fraction of sp³-hybridized carbons (Fsp3) is 0.357. The van der Waals surface area contributed by atoms with Crippen LogP contribution >= 0.6 is 0 Å². The second-order valence-corrected chi connectivity index (χ2v) is 5.18. The first-order valence-corrected chi connectivity index (χ1v) is 6.09. The van der Waals surface area contributed by atoms with Crippen LogP contribution in [0.25, 0.3) is 11.3 Å². The SMILES string of the molecule is OCC1CC2(C1)c1ccccc1-c1cncn12. The molecule has 1 aliphatic carbocycles. The highest BCUT2D eigenvalue weighted by Gasteiger charge is 2.51. The highest BCUT2D eigenvalue weighted by molar-refractivity contribution is 5.71. The molecule has 0 saturated heterocycles. The van der Waals surface area contributed by atoms with Crippen molar-refractivity contribution in [3.05, 3.63) is 42.4 Å². The average molecular weight is 226 g/mol. The number of hydrogen-bond donors (Lipinski definition) is 1. The molecule has 1 N–H and O–H groups in total. The zero-order chi connectivity index (χ0) is 11.5. The third-order valence-electron chi connectivity index (χ3n) is 4.31. The Morgan fingerprint density at radius 1 is 1.35 bits per heavy atom. The fourth-order valence-electron chi connectivity index (χ4n) is 3.52. The van der Waals surface area contributed by atoms with Crippen LogP contribution in [-0.2, 0) is 5.54 Å². The van der Waals surface area contributed by atoms with Crippen molar-refractivity contribution >= 4 is 0 Å². The summed E-state index contributed by atoms with van der Waals surface area (Å²) in [6.45, 7) is 0.300. The number of aliphatic hydroxyl groups excluding tert-OH is 1. The molecule has 3 heteroatoms. The largest absolute Gasteiger partial charge is 0.396 e. The highest BCUT2D eigenvalue weighted by atomic mass is 16.3. The summed E-state index contributed by atoms with van der Waals surface area (Å²) < 4.78 is 2.30. The molecule has 86 valence electrons. The molecule has 0 radical (unpaired) electrons. The van der Waals surface area contributed by atoms with Crippen molar-refractivity contribution in [3.63, 3.8) is 0 Å². The van der Waals surface area contributed by atoms with E-state index in [9.17, 15) is 5.11 Å². The van der Waals surface area contributed by atoms with E-state index in [4.69, 9.17) is 0 Å². The van der Waals surface area contributed by atoms with Crippen molar-refractivity contribution in [3.8, 4) is 11.3 Å². The van der Waals surface area contributed by atoms with Crippen molar-refractivity contribution < 1.29 is 5.11 Å². The van der Waals surface area contributed by atoms with Crippen LogP contribution < -0.4 is 0 Å². The summed E-state index contributed by atoms with van der Waals surface area (Å²) in [5.74, 6) is 0.441. The maximum absolute atomic E-state index is 9.25. The molecular formula is C14H14N2O. The van der Waals surface area contributed by atoms with Gasteiger partial charge in [-0.15, -0.1) is 0 Å². The van der Waals surface area contributed by atoms with Gasteiger partial charge in [0.2, 0.25) is 0 Å². The molecule has 1 aromatic heterocycles. The van der Waals surface area contributed by atoms with E-state index < -0.39 is 0 Å². The zero-order valence-electron chi connectivity index (χ0n) is 9.50. The summed E-state index contributed by atoms with van der Waals surface area (Å²) in [6.07, 6.45) is 5.94. The van der Waals surface area contributed by atoms with Gasteiger partial charge in [-0.25, -0.2) is 4.98 Å². The number of aromatic nitrogens is 2. The number of aliphatic hydroxyl groups is 1. The van der Waals surface area contributed by atoms with Crippen LogP contribution in [0.3, 0.4) is 0 Å². The molecule has 0 amide bonds. The van der Waals surface area contributed by atoms with Crippen molar-refractivity contribution in [1.29, 1.82) is 0 Å². The number of hydrogen-bond acceptors (Lipinski definition) is 2. The van der Waals surface area contributed by atoms with Gasteiger partial charge >= 0.3 is 0 Å². The van der Waals surface area contributed by atoms with E-state index in [0.717, 1.165) is 12.8 Å². The Morgan fingerprint density at radius 2 is 2.18 bits per heavy atom. The van der Waals surface area contributed by atoms with Gasteiger partial charge in [0.15, 0.2) is 0 Å². The third kappa shape index (κ3) is 0.984. The summed E-state index contributed by atoms with van der Waals surface area (Å²) >= 11 is 0. The minimum absolute atomic E-state index is 0.0792. The van der Waals surface area contributed by atoms with Gasteiger partial charge in [0.25, 0.3) is 0 Å². The van der Waals surface area contributed by atoms with Gasteiger partial charge in [-0.05, 0) is 24.3 Å². The average Bonchev–Trinajstić information content (AvgIpc) is 2.86. The Kier molecular flexibility index (Phi) is 1.66. The van der Waals surface area contributed by atoms with Gasteiger partial charge in [-0.2, -0.15) is 0 Å². The van der Waals surface area contributed by atoms with Gasteiger partial charge in [0, 0.05) is 12.2 Å². The molecule has 1 spiro atoms. The van der Waals surface area contributed by atoms with Crippen LogP contribution in [-0.4, -0.2) is 21.3 Å². The standard InChI is InChI=1S/C14H14N2O/c17-8-10-5-14(6-10)12-4-2-1-3-11(12)13-7-15-9-16(13)14/h1-4,7,9-10,17H,5-6,8H2. The van der Waals surface area contributed by atoms with Crippen molar-refractivity contribution in [2.24, 2.45) is 5.92 Å². The number of benzene rings is 1. The summed E-state index contributed by atoms with van der Waals surface area (Å²) in [7, 11) is 0. The zero-order valence-corrected chi connectivity index (χ0v) is 9.50. The Hall–Kier alpha value is -1.61. The van der Waals surface area contributed by atoms with Crippen molar-refractivity contribution in [2.45, 2.75) is 18.4 Å². The van der Waals surface area contributed by atoms with Gasteiger partial charge in [-0.3, -0.25) is 0 Å². The summed E-state index contributed by atoms with van der Waals surface area (Å²) in [5.41, 5.74) is 4.01. The first kappa shape index (κ1) is 9.42. The predicted molar refractivity (Wildman–Crippen MR) is 64.5 cm³/mol. The quantitative estimate of drug-likeness (QED) is 0.807. The number of fused-ring (bicyclic) bond motifs is 5. The van der Waals surface area contributed by atoms with E-state index in [0.29, 0.717) is 12.5 Å². The molecule has 2 aromatic rings. The van der Waals surface area contributed by atoms with E-state index in [-0.39, 0.29) is 5.54 Å². The molecule has 1 saturated carbocycles. The van der Waals surface area contributed by atoms with Gasteiger partial charge < -0.3 is 9.67 Å². The summed E-state index contributed by atoms with van der Waals surface area (Å²) in [5, 5.41) is 9.25. The normalized spacial score (nSPS) is 28.9. The van der Waals surface area contributed by atoms with E-state index >= 15 is 0 Å². The number of imidazole rings is 1. The van der Waals surface area contributed by atoms with E-state index in [1.54, 1.807) is 0 Å². The van der Waals surface area contributed by atoms with Crippen LogP contribution in [0.2, 0.25) is 0 Å². The maximum Gasteiger partial charge on any atom is 0.0959 e. The lowest BCUT2D eigenvalue weighted by Gasteiger charge is -2.46. The molecule has 17 heavy (non-hydrogen) atoms. The lowest BCUT2D eigenvalue weighted by atomic mass is 9.65. The lowest BCUT2D eigenvalue weighted by Crippen LogP contribution is -2.46. The Balaban J connectivity index is 1.93. The predicted octanol–water partition coefficient (Wildman–Crippen LogP) is 2.01. The molecule has 1 aliphatic heterocycles. The Morgan fingerprint density at radius 3 is 3.00 bits per heavy atom. The number of rotatable bonds is 1. The Labute approximate surface area is 99.7 Å². The van der Waals surface area contributed by atoms with E-state index in [1.165, 1.54) is 16.8 Å². The minimum atomic E-state index is 0.0792. The molecular weight excluding hydrogens is 212 g/mol.